The van der Waals surface area contributed by atoms with Crippen molar-refractivity contribution in [1.29, 1.82) is 0 Å². The van der Waals surface area contributed by atoms with Crippen LogP contribution in [0.25, 0.3) is 0 Å². The maximum atomic E-state index is 11.1. The summed E-state index contributed by atoms with van der Waals surface area (Å²) in [5.41, 5.74) is 0. The van der Waals surface area contributed by atoms with Gasteiger partial charge in [-0.3, -0.25) is 4.79 Å². The SMILES string of the molecule is O=C(CCCCBr)OCCCCCO. The topological polar surface area (TPSA) is 46.5 Å². The molecule has 0 atom stereocenters. The highest BCUT2D eigenvalue weighted by Gasteiger charge is 2.01. The van der Waals surface area contributed by atoms with Crippen molar-refractivity contribution in [3.05, 3.63) is 0 Å². The smallest absolute Gasteiger partial charge is 0.305 e. The number of aliphatic hydroxyl groups excluding tert-OH is 1. The van der Waals surface area contributed by atoms with E-state index >= 15 is 0 Å². The van der Waals surface area contributed by atoms with E-state index in [1.54, 1.807) is 0 Å². The number of unbranched alkanes of at least 4 members (excludes halogenated alkanes) is 3. The van der Waals surface area contributed by atoms with E-state index < -0.39 is 0 Å². The van der Waals surface area contributed by atoms with Gasteiger partial charge in [0.1, 0.15) is 0 Å². The molecule has 0 heterocycles. The third kappa shape index (κ3) is 9.99. The van der Waals surface area contributed by atoms with Crippen LogP contribution in [0.4, 0.5) is 0 Å². The molecule has 0 radical (unpaired) electrons. The van der Waals surface area contributed by atoms with Crippen LogP contribution in [0.1, 0.15) is 38.5 Å². The van der Waals surface area contributed by atoms with Crippen molar-refractivity contribution in [3.8, 4) is 0 Å². The minimum atomic E-state index is -0.102. The Balaban J connectivity index is 3.10. The molecular weight excluding hydrogens is 248 g/mol. The van der Waals surface area contributed by atoms with Crippen molar-refractivity contribution in [1.82, 2.24) is 0 Å². The highest BCUT2D eigenvalue weighted by molar-refractivity contribution is 9.09. The molecule has 1 N–H and O–H groups in total. The van der Waals surface area contributed by atoms with Gasteiger partial charge in [0.2, 0.25) is 0 Å². The summed E-state index contributed by atoms with van der Waals surface area (Å²) in [6.45, 7) is 0.715. The number of hydrogen-bond donors (Lipinski definition) is 1. The maximum Gasteiger partial charge on any atom is 0.305 e. The normalized spacial score (nSPS) is 10.1. The second-order valence-corrected chi connectivity index (χ2v) is 3.94. The summed E-state index contributed by atoms with van der Waals surface area (Å²) in [4.78, 5) is 11.1. The number of rotatable bonds is 9. The first-order chi connectivity index (χ1) is 6.81. The largest absolute Gasteiger partial charge is 0.466 e. The Labute approximate surface area is 94.0 Å². The van der Waals surface area contributed by atoms with Gasteiger partial charge in [-0.15, -0.1) is 0 Å². The summed E-state index contributed by atoms with van der Waals surface area (Å²) in [6, 6.07) is 0. The molecule has 0 saturated carbocycles. The standard InChI is InChI=1S/C10H19BrO3/c11-7-3-2-6-10(13)14-9-5-1-4-8-12/h12H,1-9H2. The van der Waals surface area contributed by atoms with E-state index in [1.165, 1.54) is 0 Å². The van der Waals surface area contributed by atoms with Gasteiger partial charge in [0.05, 0.1) is 6.61 Å². The van der Waals surface area contributed by atoms with Crippen molar-refractivity contribution in [2.45, 2.75) is 38.5 Å². The average molecular weight is 267 g/mol. The van der Waals surface area contributed by atoms with E-state index in [0.717, 1.165) is 37.4 Å². The van der Waals surface area contributed by atoms with Crippen LogP contribution in [0.3, 0.4) is 0 Å². The molecule has 0 rings (SSSR count). The molecule has 0 saturated heterocycles. The minimum Gasteiger partial charge on any atom is -0.466 e. The number of carbonyl (C=O) groups is 1. The third-order valence-corrected chi connectivity index (χ3v) is 2.39. The summed E-state index contributed by atoms with van der Waals surface area (Å²) >= 11 is 3.30. The Morgan fingerprint density at radius 3 is 2.57 bits per heavy atom. The second kappa shape index (κ2) is 11.0. The molecule has 84 valence electrons. The molecule has 3 nitrogen and oxygen atoms in total. The van der Waals surface area contributed by atoms with Crippen LogP contribution in [-0.2, 0) is 9.53 Å². The van der Waals surface area contributed by atoms with Crippen LogP contribution >= 0.6 is 15.9 Å². The maximum absolute atomic E-state index is 11.1. The van der Waals surface area contributed by atoms with Crippen LogP contribution in [0.2, 0.25) is 0 Å². The minimum absolute atomic E-state index is 0.102. The number of alkyl halides is 1. The molecule has 0 aliphatic heterocycles. The first-order valence-electron chi connectivity index (χ1n) is 5.13. The number of aliphatic hydroxyl groups is 1. The van der Waals surface area contributed by atoms with E-state index in [1.807, 2.05) is 0 Å². The van der Waals surface area contributed by atoms with Crippen LogP contribution in [0.5, 0.6) is 0 Å². The Hall–Kier alpha value is -0.0900. The van der Waals surface area contributed by atoms with Crippen LogP contribution in [-0.4, -0.2) is 29.6 Å². The van der Waals surface area contributed by atoms with Crippen molar-refractivity contribution < 1.29 is 14.6 Å². The van der Waals surface area contributed by atoms with Crippen molar-refractivity contribution in [3.63, 3.8) is 0 Å². The molecule has 0 aromatic rings. The molecule has 0 fully saturated rings. The fraction of sp³-hybridized carbons (Fsp3) is 0.900. The van der Waals surface area contributed by atoms with Crippen molar-refractivity contribution in [2.75, 3.05) is 18.5 Å². The Kier molecular flexibility index (Phi) is 10.9. The van der Waals surface area contributed by atoms with Crippen LogP contribution in [0.15, 0.2) is 0 Å². The molecule has 0 amide bonds. The van der Waals surface area contributed by atoms with Gasteiger partial charge in [0, 0.05) is 18.4 Å². The summed E-state index contributed by atoms with van der Waals surface area (Å²) in [5.74, 6) is -0.102. The number of carbonyl (C=O) groups excluding carboxylic acids is 1. The number of hydrogen-bond acceptors (Lipinski definition) is 3. The molecule has 4 heteroatoms. The van der Waals surface area contributed by atoms with E-state index in [4.69, 9.17) is 9.84 Å². The van der Waals surface area contributed by atoms with Crippen molar-refractivity contribution >= 4 is 21.9 Å². The predicted octanol–water partition coefficient (Wildman–Crippen LogP) is 2.26. The number of esters is 1. The predicted molar refractivity (Wildman–Crippen MR) is 59.5 cm³/mol. The van der Waals surface area contributed by atoms with Gasteiger partial charge in [-0.2, -0.15) is 0 Å². The molecule has 0 unspecified atom stereocenters. The van der Waals surface area contributed by atoms with Crippen molar-refractivity contribution in [2.24, 2.45) is 0 Å². The van der Waals surface area contributed by atoms with E-state index in [0.29, 0.717) is 13.0 Å². The molecule has 0 bridgehead atoms. The Morgan fingerprint density at radius 1 is 1.14 bits per heavy atom. The Bertz CT molecular complexity index is 139. The lowest BCUT2D eigenvalue weighted by Gasteiger charge is -2.03. The highest BCUT2D eigenvalue weighted by Crippen LogP contribution is 2.01. The first-order valence-corrected chi connectivity index (χ1v) is 6.26. The molecular formula is C10H19BrO3. The van der Waals surface area contributed by atoms with Gasteiger partial charge < -0.3 is 9.84 Å². The van der Waals surface area contributed by atoms with Gasteiger partial charge in [-0.05, 0) is 32.1 Å². The zero-order valence-corrected chi connectivity index (χ0v) is 10.1. The number of halogens is 1. The fourth-order valence-electron chi connectivity index (χ4n) is 1.01. The molecule has 0 aliphatic carbocycles. The monoisotopic (exact) mass is 266 g/mol. The van der Waals surface area contributed by atoms with Crippen LogP contribution < -0.4 is 0 Å². The average Bonchev–Trinajstić information content (AvgIpc) is 2.18. The summed E-state index contributed by atoms with van der Waals surface area (Å²) in [5, 5.41) is 9.45. The van der Waals surface area contributed by atoms with E-state index in [-0.39, 0.29) is 12.6 Å². The first kappa shape index (κ1) is 13.9. The fourth-order valence-corrected chi connectivity index (χ4v) is 1.41. The summed E-state index contributed by atoms with van der Waals surface area (Å²) in [6.07, 6.45) is 4.99. The zero-order chi connectivity index (χ0) is 10.6. The van der Waals surface area contributed by atoms with Gasteiger partial charge in [-0.25, -0.2) is 0 Å². The lowest BCUT2D eigenvalue weighted by atomic mass is 10.2. The van der Waals surface area contributed by atoms with Gasteiger partial charge in [-0.1, -0.05) is 15.9 Å². The van der Waals surface area contributed by atoms with Gasteiger partial charge in [0.25, 0.3) is 0 Å². The van der Waals surface area contributed by atoms with Crippen LogP contribution in [0, 0.1) is 0 Å². The molecule has 0 aromatic heterocycles. The van der Waals surface area contributed by atoms with E-state index in [2.05, 4.69) is 15.9 Å². The lowest BCUT2D eigenvalue weighted by Crippen LogP contribution is -2.05. The number of ether oxygens (including phenoxy) is 1. The molecule has 0 spiro atoms. The lowest BCUT2D eigenvalue weighted by molar-refractivity contribution is -0.143. The third-order valence-electron chi connectivity index (χ3n) is 1.83. The Morgan fingerprint density at radius 2 is 1.93 bits per heavy atom. The van der Waals surface area contributed by atoms with Gasteiger partial charge >= 0.3 is 5.97 Å². The highest BCUT2D eigenvalue weighted by atomic mass is 79.9. The summed E-state index contributed by atoms with van der Waals surface area (Å²) in [7, 11) is 0. The van der Waals surface area contributed by atoms with E-state index in [9.17, 15) is 4.79 Å². The zero-order valence-electron chi connectivity index (χ0n) is 8.51. The quantitative estimate of drug-likeness (QED) is 0.396. The second-order valence-electron chi connectivity index (χ2n) is 3.15. The molecule has 0 aliphatic rings. The molecule has 0 aromatic carbocycles. The summed E-state index contributed by atoms with van der Waals surface area (Å²) < 4.78 is 5.00. The van der Waals surface area contributed by atoms with Gasteiger partial charge in [0.15, 0.2) is 0 Å². The molecule has 14 heavy (non-hydrogen) atoms.